The number of thioether (sulfide) groups is 1. The normalized spacial score (nSPS) is 11.4. The molecule has 0 aromatic heterocycles. The maximum absolute atomic E-state index is 11.1. The molecule has 0 heterocycles. The van der Waals surface area contributed by atoms with Crippen molar-refractivity contribution in [3.63, 3.8) is 0 Å². The van der Waals surface area contributed by atoms with Crippen molar-refractivity contribution in [2.45, 2.75) is 26.2 Å². The van der Waals surface area contributed by atoms with Gasteiger partial charge >= 0.3 is 0 Å². The highest BCUT2D eigenvalue weighted by Gasteiger charge is 2.02. The first kappa shape index (κ1) is 15.7. The van der Waals surface area contributed by atoms with E-state index in [0.29, 0.717) is 12.1 Å². The first-order chi connectivity index (χ1) is 7.33. The van der Waals surface area contributed by atoms with E-state index in [2.05, 4.69) is 11.3 Å². The van der Waals surface area contributed by atoms with Crippen LogP contribution in [0.1, 0.15) is 26.2 Å². The Hall–Kier alpha value is -0.330. The van der Waals surface area contributed by atoms with E-state index in [1.165, 1.54) is 11.8 Å². The summed E-state index contributed by atoms with van der Waals surface area (Å²) in [6, 6.07) is 0. The van der Waals surface area contributed by atoms with Crippen LogP contribution in [-0.2, 0) is 14.8 Å². The van der Waals surface area contributed by atoms with Crippen LogP contribution in [0.5, 0.6) is 0 Å². The summed E-state index contributed by atoms with van der Waals surface area (Å²) < 4.78 is 23.9. The molecule has 6 heteroatoms. The summed E-state index contributed by atoms with van der Waals surface area (Å²) >= 11 is 1.27. The topological polar surface area (TPSA) is 63.2 Å². The Bertz CT molecular complexity index is 336. The fourth-order valence-electron chi connectivity index (χ4n) is 0.949. The van der Waals surface area contributed by atoms with Gasteiger partial charge in [-0.1, -0.05) is 24.8 Å². The van der Waals surface area contributed by atoms with Crippen molar-refractivity contribution in [2.24, 2.45) is 0 Å². The highest BCUT2D eigenvalue weighted by atomic mass is 32.2. The minimum atomic E-state index is -3.06. The van der Waals surface area contributed by atoms with Crippen LogP contribution in [0.4, 0.5) is 0 Å². The first-order valence-corrected chi connectivity index (χ1v) is 7.98. The molecule has 1 N–H and O–H groups in total. The van der Waals surface area contributed by atoms with E-state index in [1.54, 1.807) is 6.92 Å². The second-order valence-electron chi connectivity index (χ2n) is 3.64. The second-order valence-corrected chi connectivity index (χ2v) is 6.54. The molecule has 0 atom stereocenters. The highest BCUT2D eigenvalue weighted by Crippen LogP contribution is 2.11. The average Bonchev–Trinajstić information content (AvgIpc) is 2.14. The average molecular weight is 265 g/mol. The molecule has 0 saturated heterocycles. The number of unbranched alkanes of at least 4 members (excludes halogenated alkanes) is 2. The van der Waals surface area contributed by atoms with Gasteiger partial charge in [-0.3, -0.25) is 4.79 Å². The molecule has 0 amide bonds. The standard InChI is InChI=1S/C10H19NO3S2/c1-9(2)10(12)15-8-6-4-5-7-11-16(3,13)14/h11H,1,4-8H2,2-3H3. The smallest absolute Gasteiger partial charge is 0.214 e. The molecule has 0 saturated carbocycles. The largest absolute Gasteiger partial charge is 0.282 e. The number of sulfonamides is 1. The van der Waals surface area contributed by atoms with Gasteiger partial charge in [-0.15, -0.1) is 0 Å². The molecule has 0 bridgehead atoms. The van der Waals surface area contributed by atoms with Crippen LogP contribution in [-0.4, -0.2) is 32.1 Å². The summed E-state index contributed by atoms with van der Waals surface area (Å²) in [5, 5.41) is 0.0364. The Kier molecular flexibility index (Phi) is 7.70. The summed E-state index contributed by atoms with van der Waals surface area (Å²) in [6.07, 6.45) is 3.78. The maximum atomic E-state index is 11.1. The van der Waals surface area contributed by atoms with Gasteiger partial charge in [-0.05, 0) is 25.3 Å². The van der Waals surface area contributed by atoms with Crippen LogP contribution < -0.4 is 4.72 Å². The van der Waals surface area contributed by atoms with Crippen molar-refractivity contribution in [1.29, 1.82) is 0 Å². The molecule has 16 heavy (non-hydrogen) atoms. The number of hydrogen-bond donors (Lipinski definition) is 1. The lowest BCUT2D eigenvalue weighted by molar-refractivity contribution is -0.107. The van der Waals surface area contributed by atoms with Gasteiger partial charge in [0.05, 0.1) is 6.26 Å². The van der Waals surface area contributed by atoms with Crippen molar-refractivity contribution < 1.29 is 13.2 Å². The Balaban J connectivity index is 3.35. The van der Waals surface area contributed by atoms with E-state index >= 15 is 0 Å². The van der Waals surface area contributed by atoms with Gasteiger partial charge in [0.25, 0.3) is 0 Å². The molecule has 0 radical (unpaired) electrons. The first-order valence-electron chi connectivity index (χ1n) is 5.10. The Labute approximate surface area is 102 Å². The molecule has 94 valence electrons. The molecular formula is C10H19NO3S2. The highest BCUT2D eigenvalue weighted by molar-refractivity contribution is 8.14. The predicted octanol–water partition coefficient (Wildman–Crippen LogP) is 1.54. The molecule has 0 aromatic rings. The van der Waals surface area contributed by atoms with Crippen LogP contribution >= 0.6 is 11.8 Å². The van der Waals surface area contributed by atoms with Gasteiger partial charge in [0.1, 0.15) is 0 Å². The van der Waals surface area contributed by atoms with Crippen LogP contribution in [0.2, 0.25) is 0 Å². The molecular weight excluding hydrogens is 246 g/mol. The maximum Gasteiger partial charge on any atom is 0.214 e. The Morgan fingerprint density at radius 1 is 1.31 bits per heavy atom. The van der Waals surface area contributed by atoms with Crippen molar-refractivity contribution in [3.05, 3.63) is 12.2 Å². The second kappa shape index (κ2) is 7.86. The lowest BCUT2D eigenvalue weighted by atomic mass is 10.2. The lowest BCUT2D eigenvalue weighted by Gasteiger charge is -2.02. The third-order valence-electron chi connectivity index (χ3n) is 1.77. The van der Waals surface area contributed by atoms with Crippen LogP contribution in [0, 0.1) is 0 Å². The minimum absolute atomic E-state index is 0.0364. The summed E-state index contributed by atoms with van der Waals surface area (Å²) in [5.41, 5.74) is 0.573. The van der Waals surface area contributed by atoms with Gasteiger partial charge in [0.2, 0.25) is 15.1 Å². The van der Waals surface area contributed by atoms with Gasteiger partial charge in [0.15, 0.2) is 0 Å². The summed E-state index contributed by atoms with van der Waals surface area (Å²) in [7, 11) is -3.06. The van der Waals surface area contributed by atoms with E-state index < -0.39 is 10.0 Å². The molecule has 0 fully saturated rings. The molecule has 0 unspecified atom stereocenters. The van der Waals surface area contributed by atoms with Crippen molar-refractivity contribution in [2.75, 3.05) is 18.6 Å². The summed E-state index contributed by atoms with van der Waals surface area (Å²) in [6.45, 7) is 5.73. The Morgan fingerprint density at radius 3 is 2.44 bits per heavy atom. The lowest BCUT2D eigenvalue weighted by Crippen LogP contribution is -2.22. The van der Waals surface area contributed by atoms with Crippen LogP contribution in [0.3, 0.4) is 0 Å². The van der Waals surface area contributed by atoms with E-state index in [-0.39, 0.29) is 5.12 Å². The third-order valence-corrected chi connectivity index (χ3v) is 3.60. The van der Waals surface area contributed by atoms with E-state index in [0.717, 1.165) is 31.3 Å². The monoisotopic (exact) mass is 265 g/mol. The van der Waals surface area contributed by atoms with E-state index in [1.807, 2.05) is 0 Å². The van der Waals surface area contributed by atoms with Gasteiger partial charge in [-0.25, -0.2) is 13.1 Å². The molecule has 0 aromatic carbocycles. The van der Waals surface area contributed by atoms with Gasteiger partial charge in [-0.2, -0.15) is 0 Å². The Morgan fingerprint density at radius 2 is 1.94 bits per heavy atom. The molecule has 0 rings (SSSR count). The number of rotatable bonds is 8. The van der Waals surface area contributed by atoms with Crippen LogP contribution in [0.15, 0.2) is 12.2 Å². The predicted molar refractivity (Wildman–Crippen MR) is 69.0 cm³/mol. The number of carbonyl (C=O) groups is 1. The summed E-state index contributed by atoms with van der Waals surface area (Å²) in [4.78, 5) is 11.1. The van der Waals surface area contributed by atoms with Crippen molar-refractivity contribution in [3.8, 4) is 0 Å². The fourth-order valence-corrected chi connectivity index (χ4v) is 2.24. The molecule has 0 aliphatic heterocycles. The van der Waals surface area contributed by atoms with Gasteiger partial charge in [0, 0.05) is 12.3 Å². The molecule has 0 aliphatic carbocycles. The fraction of sp³-hybridized carbons (Fsp3) is 0.700. The molecule has 0 aliphatic rings. The van der Waals surface area contributed by atoms with E-state index in [4.69, 9.17) is 0 Å². The quantitative estimate of drug-likeness (QED) is 0.534. The minimum Gasteiger partial charge on any atom is -0.282 e. The SMILES string of the molecule is C=C(C)C(=O)SCCCCCNS(C)(=O)=O. The third kappa shape index (κ3) is 10.2. The van der Waals surface area contributed by atoms with Crippen LogP contribution in [0.25, 0.3) is 0 Å². The zero-order valence-corrected chi connectivity index (χ0v) is 11.4. The van der Waals surface area contributed by atoms with Crippen molar-refractivity contribution in [1.82, 2.24) is 4.72 Å². The zero-order valence-electron chi connectivity index (χ0n) is 9.78. The van der Waals surface area contributed by atoms with E-state index in [9.17, 15) is 13.2 Å². The number of hydrogen-bond acceptors (Lipinski definition) is 4. The van der Waals surface area contributed by atoms with Gasteiger partial charge < -0.3 is 0 Å². The number of nitrogens with one attached hydrogen (secondary N) is 1. The molecule has 4 nitrogen and oxygen atoms in total. The van der Waals surface area contributed by atoms with Crippen molar-refractivity contribution >= 4 is 26.9 Å². The number of carbonyl (C=O) groups excluding carboxylic acids is 1. The summed E-state index contributed by atoms with van der Waals surface area (Å²) in [5.74, 6) is 0.768. The molecule has 0 spiro atoms. The zero-order chi connectivity index (χ0) is 12.6.